The predicted octanol–water partition coefficient (Wildman–Crippen LogP) is 2.83. The fourth-order valence-corrected chi connectivity index (χ4v) is 2.20. The van der Waals surface area contributed by atoms with Gasteiger partial charge in [-0.15, -0.1) is 0 Å². The quantitative estimate of drug-likeness (QED) is 0.829. The first-order valence-electron chi connectivity index (χ1n) is 6.29. The lowest BCUT2D eigenvalue weighted by atomic mass is 10.0. The van der Waals surface area contributed by atoms with E-state index in [1.165, 1.54) is 6.07 Å². The van der Waals surface area contributed by atoms with Crippen LogP contribution >= 0.6 is 0 Å². The molecule has 1 aromatic carbocycles. The number of amides is 1. The molecular formula is C13H8F6N2O3. The summed E-state index contributed by atoms with van der Waals surface area (Å²) in [6.07, 6.45) is -14.4. The van der Waals surface area contributed by atoms with Gasteiger partial charge in [0.1, 0.15) is 12.6 Å². The number of carbonyl (C=O) groups excluding carboxylic acids is 1. The molecule has 1 aromatic rings. The Hall–Kier alpha value is -2.48. The van der Waals surface area contributed by atoms with Crippen LogP contribution in [0.3, 0.4) is 0 Å². The number of carbonyl (C=O) groups is 1. The van der Waals surface area contributed by atoms with Gasteiger partial charge in [-0.3, -0.25) is 4.90 Å². The Kier molecular flexibility index (Phi) is 4.36. The first-order valence-corrected chi connectivity index (χ1v) is 6.29. The predicted molar refractivity (Wildman–Crippen MR) is 65.8 cm³/mol. The second-order valence-corrected chi connectivity index (χ2v) is 4.84. The molecule has 1 aliphatic rings. The van der Waals surface area contributed by atoms with Gasteiger partial charge in [-0.25, -0.2) is 4.79 Å². The number of benzene rings is 1. The Morgan fingerprint density at radius 3 is 2.42 bits per heavy atom. The number of aliphatic hydroxyl groups is 1. The second-order valence-electron chi connectivity index (χ2n) is 4.84. The highest BCUT2D eigenvalue weighted by Crippen LogP contribution is 2.37. The maximum atomic E-state index is 12.9. The normalized spacial score (nSPS) is 19.8. The summed E-state index contributed by atoms with van der Waals surface area (Å²) in [6, 6.07) is 1.32. The lowest BCUT2D eigenvalue weighted by Gasteiger charge is -2.27. The molecule has 1 aliphatic heterocycles. The smallest absolute Gasteiger partial charge is 0.417 e. The van der Waals surface area contributed by atoms with E-state index in [4.69, 9.17) is 5.26 Å². The lowest BCUT2D eigenvalue weighted by molar-refractivity contribution is -0.209. The molecule has 0 saturated carbocycles. The van der Waals surface area contributed by atoms with Crippen LogP contribution in [0.4, 0.5) is 36.8 Å². The Balaban J connectivity index is 2.49. The van der Waals surface area contributed by atoms with Crippen molar-refractivity contribution in [2.75, 3.05) is 11.5 Å². The summed E-state index contributed by atoms with van der Waals surface area (Å²) in [5.74, 6) is 0. The van der Waals surface area contributed by atoms with Gasteiger partial charge in [-0.2, -0.15) is 31.6 Å². The molecule has 0 spiro atoms. The molecular weight excluding hydrogens is 346 g/mol. The number of hydrogen-bond donors (Lipinski definition) is 1. The number of anilines is 1. The molecule has 1 N–H and O–H groups in total. The van der Waals surface area contributed by atoms with E-state index in [-0.39, 0.29) is 4.90 Å². The summed E-state index contributed by atoms with van der Waals surface area (Å²) < 4.78 is 81.1. The summed E-state index contributed by atoms with van der Waals surface area (Å²) in [7, 11) is 0. The molecule has 0 bridgehead atoms. The second kappa shape index (κ2) is 5.86. The standard InChI is InChI=1S/C13H8F6N2O3/c14-12(15,16)8-3-7(2-1-6(8)4-20)21-9(5-24-11(21)23)10(22)13(17,18)19/h1-3,9-10,22H,5H2/t9?,10-/m0/s1. The van der Waals surface area contributed by atoms with Crippen molar-refractivity contribution in [2.45, 2.75) is 24.5 Å². The van der Waals surface area contributed by atoms with Gasteiger partial charge >= 0.3 is 18.4 Å². The van der Waals surface area contributed by atoms with Gasteiger partial charge in [0.2, 0.25) is 0 Å². The van der Waals surface area contributed by atoms with Crippen LogP contribution in [-0.2, 0) is 10.9 Å². The molecule has 1 amide bonds. The van der Waals surface area contributed by atoms with E-state index >= 15 is 0 Å². The molecule has 5 nitrogen and oxygen atoms in total. The molecule has 1 heterocycles. The van der Waals surface area contributed by atoms with Crippen LogP contribution in [0, 0.1) is 11.3 Å². The zero-order valence-corrected chi connectivity index (χ0v) is 11.5. The van der Waals surface area contributed by atoms with Crippen LogP contribution in [0.15, 0.2) is 18.2 Å². The van der Waals surface area contributed by atoms with E-state index in [2.05, 4.69) is 4.74 Å². The van der Waals surface area contributed by atoms with Crippen LogP contribution in [-0.4, -0.2) is 36.1 Å². The zero-order chi connectivity index (χ0) is 18.3. The van der Waals surface area contributed by atoms with Crippen molar-refractivity contribution in [1.82, 2.24) is 0 Å². The minimum atomic E-state index is -5.10. The molecule has 0 aliphatic carbocycles. The Labute approximate surface area is 130 Å². The summed E-state index contributed by atoms with van der Waals surface area (Å²) in [5, 5.41) is 18.0. The van der Waals surface area contributed by atoms with Crippen LogP contribution in [0.25, 0.3) is 0 Å². The van der Waals surface area contributed by atoms with E-state index in [0.29, 0.717) is 6.07 Å². The molecule has 2 rings (SSSR count). The molecule has 24 heavy (non-hydrogen) atoms. The van der Waals surface area contributed by atoms with E-state index in [1.54, 1.807) is 0 Å². The van der Waals surface area contributed by atoms with Crippen molar-refractivity contribution in [1.29, 1.82) is 5.26 Å². The molecule has 1 unspecified atom stereocenters. The van der Waals surface area contributed by atoms with Crippen LogP contribution < -0.4 is 4.90 Å². The molecule has 1 saturated heterocycles. The Morgan fingerprint density at radius 1 is 1.29 bits per heavy atom. The van der Waals surface area contributed by atoms with Gasteiger partial charge in [-0.1, -0.05) is 0 Å². The third kappa shape index (κ3) is 3.23. The lowest BCUT2D eigenvalue weighted by Crippen LogP contribution is -2.49. The maximum Gasteiger partial charge on any atom is 0.417 e. The largest absolute Gasteiger partial charge is 0.447 e. The van der Waals surface area contributed by atoms with Crippen molar-refractivity contribution in [3.8, 4) is 6.07 Å². The fraction of sp³-hybridized carbons (Fsp3) is 0.385. The Morgan fingerprint density at radius 2 is 1.92 bits per heavy atom. The Bertz CT molecular complexity index is 694. The summed E-state index contributed by atoms with van der Waals surface area (Å²) in [4.78, 5) is 11.9. The number of nitrogens with zero attached hydrogens (tertiary/aromatic N) is 2. The average Bonchev–Trinajstić information content (AvgIpc) is 2.85. The fourth-order valence-electron chi connectivity index (χ4n) is 2.20. The van der Waals surface area contributed by atoms with Crippen LogP contribution in [0.1, 0.15) is 11.1 Å². The minimum Gasteiger partial charge on any atom is -0.447 e. The highest BCUT2D eigenvalue weighted by molar-refractivity contribution is 5.90. The van der Waals surface area contributed by atoms with Crippen molar-refractivity contribution in [3.05, 3.63) is 29.3 Å². The van der Waals surface area contributed by atoms with Crippen molar-refractivity contribution >= 4 is 11.8 Å². The summed E-state index contributed by atoms with van der Waals surface area (Å²) in [5.41, 5.74) is -2.74. The molecule has 11 heteroatoms. The number of cyclic esters (lactones) is 1. The maximum absolute atomic E-state index is 12.9. The van der Waals surface area contributed by atoms with Crippen LogP contribution in [0.2, 0.25) is 0 Å². The number of halogens is 6. The molecule has 0 radical (unpaired) electrons. The molecule has 1 fully saturated rings. The highest BCUT2D eigenvalue weighted by Gasteiger charge is 2.51. The number of aliphatic hydroxyl groups excluding tert-OH is 1. The first-order chi connectivity index (χ1) is 11.0. The number of ether oxygens (including phenoxy) is 1. The number of nitriles is 1. The average molecular weight is 354 g/mol. The van der Waals surface area contributed by atoms with Crippen molar-refractivity contribution in [3.63, 3.8) is 0 Å². The van der Waals surface area contributed by atoms with Gasteiger partial charge in [-0.05, 0) is 18.2 Å². The SMILES string of the molecule is N#Cc1ccc(N2C(=O)OCC2[C@H](O)C(F)(F)F)cc1C(F)(F)F. The van der Waals surface area contributed by atoms with E-state index < -0.39 is 54.0 Å². The molecule has 0 aromatic heterocycles. The van der Waals surface area contributed by atoms with Crippen molar-refractivity contribution in [2.24, 2.45) is 0 Å². The highest BCUT2D eigenvalue weighted by atomic mass is 19.4. The van der Waals surface area contributed by atoms with Gasteiger partial charge in [0.05, 0.1) is 17.2 Å². The van der Waals surface area contributed by atoms with E-state index in [0.717, 1.165) is 12.1 Å². The third-order valence-corrected chi connectivity index (χ3v) is 3.31. The van der Waals surface area contributed by atoms with E-state index in [9.17, 15) is 36.2 Å². The first kappa shape index (κ1) is 17.9. The number of alkyl halides is 6. The third-order valence-electron chi connectivity index (χ3n) is 3.31. The molecule has 2 atom stereocenters. The zero-order valence-electron chi connectivity index (χ0n) is 11.5. The number of hydrogen-bond acceptors (Lipinski definition) is 4. The van der Waals surface area contributed by atoms with Gasteiger partial charge in [0, 0.05) is 5.69 Å². The van der Waals surface area contributed by atoms with Gasteiger partial charge < -0.3 is 9.84 Å². The minimum absolute atomic E-state index is 0.286. The van der Waals surface area contributed by atoms with E-state index in [1.807, 2.05) is 0 Å². The van der Waals surface area contributed by atoms with Gasteiger partial charge in [0.15, 0.2) is 6.10 Å². The van der Waals surface area contributed by atoms with Crippen molar-refractivity contribution < 1.29 is 41.0 Å². The number of rotatable bonds is 2. The molecule has 130 valence electrons. The monoisotopic (exact) mass is 354 g/mol. The van der Waals surface area contributed by atoms with Gasteiger partial charge in [0.25, 0.3) is 0 Å². The summed E-state index contributed by atoms with van der Waals surface area (Å²) in [6.45, 7) is -0.846. The summed E-state index contributed by atoms with van der Waals surface area (Å²) >= 11 is 0. The van der Waals surface area contributed by atoms with Crippen LogP contribution in [0.5, 0.6) is 0 Å². The topological polar surface area (TPSA) is 73.6 Å².